The molecule has 1 aromatic rings. The van der Waals surface area contributed by atoms with Gasteiger partial charge in [-0.1, -0.05) is 38.3 Å². The predicted octanol–water partition coefficient (Wildman–Crippen LogP) is 4.88. The lowest BCUT2D eigenvalue weighted by Gasteiger charge is -2.37. The highest BCUT2D eigenvalue weighted by Gasteiger charge is 2.38. The summed E-state index contributed by atoms with van der Waals surface area (Å²) in [5, 5.41) is 0.326. The average Bonchev–Trinajstić information content (AvgIpc) is 2.27. The first-order valence-corrected chi connectivity index (χ1v) is 6.79. The van der Waals surface area contributed by atoms with Crippen LogP contribution in [0.4, 0.5) is 4.39 Å². The van der Waals surface area contributed by atoms with E-state index in [1.165, 1.54) is 12.1 Å². The van der Waals surface area contributed by atoms with Crippen LogP contribution in [0.25, 0.3) is 0 Å². The standard InChI is InChI=1S/C15H18ClFO/c1-15(2)8-4-3-5-12(15)14(18)11-7-6-10(16)9-13(11)17/h6-7,9,12H,3-5,8H2,1-2H3. The Kier molecular flexibility index (Phi) is 3.76. The molecule has 1 nitrogen and oxygen atoms in total. The van der Waals surface area contributed by atoms with Crippen molar-refractivity contribution in [1.29, 1.82) is 0 Å². The second-order valence-corrected chi connectivity index (χ2v) is 6.21. The maximum Gasteiger partial charge on any atom is 0.169 e. The van der Waals surface area contributed by atoms with Crippen molar-refractivity contribution < 1.29 is 9.18 Å². The molecule has 1 aliphatic rings. The Morgan fingerprint density at radius 2 is 2.11 bits per heavy atom. The first-order valence-electron chi connectivity index (χ1n) is 6.41. The van der Waals surface area contributed by atoms with Crippen molar-refractivity contribution in [1.82, 2.24) is 0 Å². The Bertz CT molecular complexity index is 468. The first-order chi connectivity index (χ1) is 8.42. The zero-order valence-corrected chi connectivity index (χ0v) is 11.6. The molecular formula is C15H18ClFO. The minimum Gasteiger partial charge on any atom is -0.294 e. The third-order valence-electron chi connectivity index (χ3n) is 4.02. The lowest BCUT2D eigenvalue weighted by molar-refractivity contribution is 0.0693. The summed E-state index contributed by atoms with van der Waals surface area (Å²) >= 11 is 5.71. The summed E-state index contributed by atoms with van der Waals surface area (Å²) in [7, 11) is 0. The largest absolute Gasteiger partial charge is 0.294 e. The van der Waals surface area contributed by atoms with Crippen molar-refractivity contribution in [2.75, 3.05) is 0 Å². The van der Waals surface area contributed by atoms with E-state index < -0.39 is 5.82 Å². The fourth-order valence-corrected chi connectivity index (χ4v) is 3.02. The molecule has 3 heteroatoms. The molecule has 0 spiro atoms. The van der Waals surface area contributed by atoms with E-state index in [1.54, 1.807) is 6.07 Å². The molecule has 1 unspecified atom stereocenters. The molecule has 0 radical (unpaired) electrons. The quantitative estimate of drug-likeness (QED) is 0.699. The number of halogens is 2. The van der Waals surface area contributed by atoms with Gasteiger partial charge in [-0.25, -0.2) is 4.39 Å². The predicted molar refractivity (Wildman–Crippen MR) is 71.5 cm³/mol. The van der Waals surface area contributed by atoms with Crippen molar-refractivity contribution in [3.05, 3.63) is 34.6 Å². The number of hydrogen-bond acceptors (Lipinski definition) is 1. The molecule has 0 amide bonds. The molecule has 1 aromatic carbocycles. The molecule has 1 aliphatic carbocycles. The van der Waals surface area contributed by atoms with Gasteiger partial charge in [-0.2, -0.15) is 0 Å². The summed E-state index contributed by atoms with van der Waals surface area (Å²) in [5.74, 6) is -0.662. The van der Waals surface area contributed by atoms with Gasteiger partial charge in [0, 0.05) is 10.9 Å². The maximum absolute atomic E-state index is 13.8. The van der Waals surface area contributed by atoms with Crippen LogP contribution in [0.5, 0.6) is 0 Å². The number of Topliss-reactive ketones (excluding diaryl/α,β-unsaturated/α-hetero) is 1. The highest BCUT2D eigenvalue weighted by Crippen LogP contribution is 2.42. The minimum atomic E-state index is -0.506. The van der Waals surface area contributed by atoms with Crippen LogP contribution in [0, 0.1) is 17.2 Å². The average molecular weight is 269 g/mol. The lowest BCUT2D eigenvalue weighted by atomic mass is 9.66. The highest BCUT2D eigenvalue weighted by molar-refractivity contribution is 6.30. The maximum atomic E-state index is 13.8. The fourth-order valence-electron chi connectivity index (χ4n) is 2.86. The summed E-state index contributed by atoms with van der Waals surface area (Å²) in [6.45, 7) is 4.20. The van der Waals surface area contributed by atoms with E-state index in [9.17, 15) is 9.18 Å². The third kappa shape index (κ3) is 2.59. The van der Waals surface area contributed by atoms with Crippen LogP contribution in [0.2, 0.25) is 5.02 Å². The van der Waals surface area contributed by atoms with Gasteiger partial charge in [0.25, 0.3) is 0 Å². The van der Waals surface area contributed by atoms with Crippen molar-refractivity contribution in [3.63, 3.8) is 0 Å². The first kappa shape index (κ1) is 13.5. The summed E-state index contributed by atoms with van der Waals surface area (Å²) in [5.41, 5.74) is 0.140. The van der Waals surface area contributed by atoms with Crippen molar-refractivity contribution >= 4 is 17.4 Å². The molecule has 18 heavy (non-hydrogen) atoms. The molecular weight excluding hydrogens is 251 g/mol. The van der Waals surface area contributed by atoms with Crippen molar-refractivity contribution in [2.45, 2.75) is 39.5 Å². The third-order valence-corrected chi connectivity index (χ3v) is 4.26. The monoisotopic (exact) mass is 268 g/mol. The second kappa shape index (κ2) is 5.00. The highest BCUT2D eigenvalue weighted by atomic mass is 35.5. The van der Waals surface area contributed by atoms with Crippen molar-refractivity contribution in [3.8, 4) is 0 Å². The van der Waals surface area contributed by atoms with Gasteiger partial charge in [0.05, 0.1) is 5.56 Å². The summed E-state index contributed by atoms with van der Waals surface area (Å²) in [4.78, 5) is 12.5. The number of hydrogen-bond donors (Lipinski definition) is 0. The van der Waals surface area contributed by atoms with E-state index in [0.717, 1.165) is 25.7 Å². The number of ketones is 1. The van der Waals surface area contributed by atoms with Crippen LogP contribution < -0.4 is 0 Å². The Morgan fingerprint density at radius 3 is 2.72 bits per heavy atom. The molecule has 1 fully saturated rings. The van der Waals surface area contributed by atoms with Crippen molar-refractivity contribution in [2.24, 2.45) is 11.3 Å². The van der Waals surface area contributed by atoms with Gasteiger partial charge in [0.2, 0.25) is 0 Å². The topological polar surface area (TPSA) is 17.1 Å². The van der Waals surface area contributed by atoms with Gasteiger partial charge in [-0.05, 0) is 36.5 Å². The Morgan fingerprint density at radius 1 is 1.39 bits per heavy atom. The lowest BCUT2D eigenvalue weighted by Crippen LogP contribution is -2.34. The molecule has 0 saturated heterocycles. The molecule has 0 bridgehead atoms. The van der Waals surface area contributed by atoms with E-state index in [1.807, 2.05) is 0 Å². The second-order valence-electron chi connectivity index (χ2n) is 5.78. The van der Waals surface area contributed by atoms with Gasteiger partial charge < -0.3 is 0 Å². The smallest absolute Gasteiger partial charge is 0.169 e. The van der Waals surface area contributed by atoms with E-state index in [2.05, 4.69) is 13.8 Å². The summed E-state index contributed by atoms with van der Waals surface area (Å²) in [6.07, 6.45) is 4.08. The van der Waals surface area contributed by atoms with Crippen LogP contribution in [0.3, 0.4) is 0 Å². The van der Waals surface area contributed by atoms with Crippen LogP contribution in [0.15, 0.2) is 18.2 Å². The van der Waals surface area contributed by atoms with Gasteiger partial charge >= 0.3 is 0 Å². The summed E-state index contributed by atoms with van der Waals surface area (Å²) < 4.78 is 13.8. The number of rotatable bonds is 2. The Labute approximate surface area is 112 Å². The number of carbonyl (C=O) groups is 1. The van der Waals surface area contributed by atoms with Crippen LogP contribution >= 0.6 is 11.6 Å². The molecule has 2 rings (SSSR count). The normalized spacial score (nSPS) is 22.8. The van der Waals surface area contributed by atoms with E-state index in [0.29, 0.717) is 5.02 Å². The van der Waals surface area contributed by atoms with Crippen LogP contribution in [-0.2, 0) is 0 Å². The zero-order valence-electron chi connectivity index (χ0n) is 10.8. The van der Waals surface area contributed by atoms with E-state index in [-0.39, 0.29) is 22.7 Å². The minimum absolute atomic E-state index is 0.0403. The molecule has 0 aromatic heterocycles. The Balaban J connectivity index is 2.30. The molecule has 0 heterocycles. The van der Waals surface area contributed by atoms with Gasteiger partial charge in [0.15, 0.2) is 5.78 Å². The molecule has 1 atom stereocenters. The van der Waals surface area contributed by atoms with Gasteiger partial charge in [-0.15, -0.1) is 0 Å². The molecule has 0 N–H and O–H groups in total. The van der Waals surface area contributed by atoms with Gasteiger partial charge in [-0.3, -0.25) is 4.79 Å². The fraction of sp³-hybridized carbons (Fsp3) is 0.533. The molecule has 1 saturated carbocycles. The van der Waals surface area contributed by atoms with Gasteiger partial charge in [0.1, 0.15) is 5.82 Å². The number of carbonyl (C=O) groups excluding carboxylic acids is 1. The van der Waals surface area contributed by atoms with Crippen LogP contribution in [0.1, 0.15) is 49.9 Å². The van der Waals surface area contributed by atoms with Crippen LogP contribution in [-0.4, -0.2) is 5.78 Å². The SMILES string of the molecule is CC1(C)CCCCC1C(=O)c1ccc(Cl)cc1F. The molecule has 98 valence electrons. The number of benzene rings is 1. The van der Waals surface area contributed by atoms with E-state index in [4.69, 9.17) is 11.6 Å². The van der Waals surface area contributed by atoms with E-state index >= 15 is 0 Å². The summed E-state index contributed by atoms with van der Waals surface area (Å²) in [6, 6.07) is 4.29. The zero-order chi connectivity index (χ0) is 13.3. The molecule has 0 aliphatic heterocycles. The Hall–Kier alpha value is -0.890.